The van der Waals surface area contributed by atoms with Crippen LogP contribution in [0.1, 0.15) is 23.8 Å². The summed E-state index contributed by atoms with van der Waals surface area (Å²) in [6, 6.07) is 0. The Balaban J connectivity index is 2.70. The number of nitrogens with one attached hydrogen (secondary N) is 2. The van der Waals surface area contributed by atoms with Crippen LogP contribution in [0.3, 0.4) is 0 Å². The van der Waals surface area contributed by atoms with Gasteiger partial charge in [0.05, 0.1) is 0 Å². The molecule has 0 bridgehead atoms. The molecular weight excluding hydrogens is 180 g/mol. The SMILES string of the molecule is CCCNC(=O)c1nc(F)[nH]c1F. The summed E-state index contributed by atoms with van der Waals surface area (Å²) in [7, 11) is 0. The molecule has 4 nitrogen and oxygen atoms in total. The lowest BCUT2D eigenvalue weighted by Gasteiger charge is -1.98. The van der Waals surface area contributed by atoms with Crippen LogP contribution in [0.5, 0.6) is 0 Å². The zero-order valence-electron chi connectivity index (χ0n) is 7.03. The van der Waals surface area contributed by atoms with E-state index in [0.29, 0.717) is 6.54 Å². The number of carbonyl (C=O) groups excluding carboxylic acids is 1. The van der Waals surface area contributed by atoms with Crippen LogP contribution in [-0.4, -0.2) is 22.4 Å². The number of H-pyrrole nitrogens is 1. The van der Waals surface area contributed by atoms with Crippen molar-refractivity contribution >= 4 is 5.91 Å². The lowest BCUT2D eigenvalue weighted by Crippen LogP contribution is -2.25. The van der Waals surface area contributed by atoms with Crippen molar-refractivity contribution in [2.24, 2.45) is 0 Å². The minimum atomic E-state index is -1.10. The Kier molecular flexibility index (Phi) is 2.94. The maximum Gasteiger partial charge on any atom is 0.289 e. The van der Waals surface area contributed by atoms with E-state index in [0.717, 1.165) is 6.42 Å². The van der Waals surface area contributed by atoms with Gasteiger partial charge in [-0.15, -0.1) is 0 Å². The molecule has 0 fully saturated rings. The van der Waals surface area contributed by atoms with Gasteiger partial charge in [0.1, 0.15) is 0 Å². The van der Waals surface area contributed by atoms with Crippen LogP contribution in [0.25, 0.3) is 0 Å². The summed E-state index contributed by atoms with van der Waals surface area (Å²) in [6.45, 7) is 2.26. The van der Waals surface area contributed by atoms with Gasteiger partial charge < -0.3 is 5.32 Å². The lowest BCUT2D eigenvalue weighted by atomic mass is 10.4. The number of carbonyl (C=O) groups is 1. The summed E-state index contributed by atoms with van der Waals surface area (Å²) in [5.74, 6) is -1.76. The molecule has 1 heterocycles. The van der Waals surface area contributed by atoms with Crippen LogP contribution >= 0.6 is 0 Å². The summed E-state index contributed by atoms with van der Waals surface area (Å²) in [5, 5.41) is 2.37. The van der Waals surface area contributed by atoms with E-state index in [9.17, 15) is 13.6 Å². The summed E-state index contributed by atoms with van der Waals surface area (Å²) in [5.41, 5.74) is -0.536. The highest BCUT2D eigenvalue weighted by atomic mass is 19.1. The van der Waals surface area contributed by atoms with Crippen LogP contribution in [0, 0.1) is 12.0 Å². The highest BCUT2D eigenvalue weighted by Crippen LogP contribution is 2.02. The van der Waals surface area contributed by atoms with E-state index >= 15 is 0 Å². The second kappa shape index (κ2) is 3.97. The molecule has 6 heteroatoms. The van der Waals surface area contributed by atoms with Gasteiger partial charge in [0, 0.05) is 6.54 Å². The first-order chi connectivity index (χ1) is 6.15. The van der Waals surface area contributed by atoms with Crippen molar-refractivity contribution in [3.63, 3.8) is 0 Å². The Labute approximate surface area is 73.4 Å². The van der Waals surface area contributed by atoms with Gasteiger partial charge in [0.15, 0.2) is 5.69 Å². The minimum absolute atomic E-state index is 0.409. The first kappa shape index (κ1) is 9.63. The monoisotopic (exact) mass is 189 g/mol. The first-order valence-electron chi connectivity index (χ1n) is 3.84. The second-order valence-corrected chi connectivity index (χ2v) is 2.45. The number of halogens is 2. The van der Waals surface area contributed by atoms with E-state index in [4.69, 9.17) is 0 Å². The van der Waals surface area contributed by atoms with E-state index in [1.807, 2.05) is 6.92 Å². The van der Waals surface area contributed by atoms with Crippen molar-refractivity contribution in [1.29, 1.82) is 0 Å². The molecule has 0 aliphatic rings. The largest absolute Gasteiger partial charge is 0.351 e. The maximum absolute atomic E-state index is 12.7. The number of imidazole rings is 1. The number of aromatic nitrogens is 2. The molecule has 0 radical (unpaired) electrons. The standard InChI is InChI=1S/C7H9F2N3O/c1-2-3-10-6(13)4-5(8)12-7(9)11-4/h2-3H2,1H3,(H,10,13)(H,11,12). The third-order valence-corrected chi connectivity index (χ3v) is 1.38. The molecule has 72 valence electrons. The van der Waals surface area contributed by atoms with E-state index in [2.05, 4.69) is 10.3 Å². The third-order valence-electron chi connectivity index (χ3n) is 1.38. The Bertz CT molecular complexity index is 311. The molecule has 0 aliphatic carbocycles. The first-order valence-corrected chi connectivity index (χ1v) is 3.84. The number of rotatable bonds is 3. The zero-order valence-corrected chi connectivity index (χ0v) is 7.03. The fourth-order valence-corrected chi connectivity index (χ4v) is 0.798. The summed E-state index contributed by atoms with van der Waals surface area (Å²) in [6.07, 6.45) is -0.376. The number of nitrogens with zero attached hydrogens (tertiary/aromatic N) is 1. The van der Waals surface area contributed by atoms with Crippen molar-refractivity contribution in [2.75, 3.05) is 6.54 Å². The van der Waals surface area contributed by atoms with Gasteiger partial charge in [-0.05, 0) is 6.42 Å². The van der Waals surface area contributed by atoms with Gasteiger partial charge in [0.2, 0.25) is 5.95 Å². The average molecular weight is 189 g/mol. The smallest absolute Gasteiger partial charge is 0.289 e. The number of aromatic amines is 1. The molecule has 0 aliphatic heterocycles. The third kappa shape index (κ3) is 2.24. The van der Waals surface area contributed by atoms with Gasteiger partial charge in [0.25, 0.3) is 12.0 Å². The molecule has 1 aromatic heterocycles. The Morgan fingerprint density at radius 2 is 2.31 bits per heavy atom. The molecule has 1 aromatic rings. The van der Waals surface area contributed by atoms with Crippen molar-refractivity contribution in [3.05, 3.63) is 17.7 Å². The molecule has 2 N–H and O–H groups in total. The maximum atomic E-state index is 12.7. The molecule has 0 saturated carbocycles. The lowest BCUT2D eigenvalue weighted by molar-refractivity contribution is 0.0944. The second-order valence-electron chi connectivity index (χ2n) is 2.45. The Morgan fingerprint density at radius 3 is 2.77 bits per heavy atom. The molecule has 0 unspecified atom stereocenters. The topological polar surface area (TPSA) is 57.8 Å². The van der Waals surface area contributed by atoms with Crippen LogP contribution in [0.2, 0.25) is 0 Å². The number of amides is 1. The van der Waals surface area contributed by atoms with Gasteiger partial charge in [-0.3, -0.25) is 9.78 Å². The van der Waals surface area contributed by atoms with Crippen LogP contribution in [-0.2, 0) is 0 Å². The van der Waals surface area contributed by atoms with E-state index < -0.39 is 23.6 Å². The minimum Gasteiger partial charge on any atom is -0.351 e. The Hall–Kier alpha value is -1.46. The highest BCUT2D eigenvalue weighted by Gasteiger charge is 2.16. The molecule has 0 saturated heterocycles. The van der Waals surface area contributed by atoms with E-state index in [1.165, 1.54) is 0 Å². The normalized spacial score (nSPS) is 10.1. The predicted octanol–water partition coefficient (Wildman–Crippen LogP) is 0.828. The van der Waals surface area contributed by atoms with E-state index in [-0.39, 0.29) is 0 Å². The molecule has 0 atom stereocenters. The van der Waals surface area contributed by atoms with Crippen molar-refractivity contribution in [3.8, 4) is 0 Å². The van der Waals surface area contributed by atoms with E-state index in [1.54, 1.807) is 4.98 Å². The highest BCUT2D eigenvalue weighted by molar-refractivity contribution is 5.92. The van der Waals surface area contributed by atoms with Gasteiger partial charge >= 0.3 is 0 Å². The quantitative estimate of drug-likeness (QED) is 0.739. The fourth-order valence-electron chi connectivity index (χ4n) is 0.798. The summed E-state index contributed by atoms with van der Waals surface area (Å²) in [4.78, 5) is 15.8. The molecule has 0 aromatic carbocycles. The van der Waals surface area contributed by atoms with Gasteiger partial charge in [-0.2, -0.15) is 13.8 Å². The average Bonchev–Trinajstić information content (AvgIpc) is 2.41. The van der Waals surface area contributed by atoms with Crippen LogP contribution in [0.15, 0.2) is 0 Å². The number of hydrogen-bond donors (Lipinski definition) is 2. The van der Waals surface area contributed by atoms with Crippen LogP contribution in [0.4, 0.5) is 8.78 Å². The summed E-state index contributed by atoms with van der Waals surface area (Å²) < 4.78 is 25.0. The predicted molar refractivity (Wildman–Crippen MR) is 41.1 cm³/mol. The van der Waals surface area contributed by atoms with Gasteiger partial charge in [-0.1, -0.05) is 6.92 Å². The molecule has 1 rings (SSSR count). The molecule has 0 spiro atoms. The molecule has 1 amide bonds. The van der Waals surface area contributed by atoms with Crippen molar-refractivity contribution in [2.45, 2.75) is 13.3 Å². The number of hydrogen-bond acceptors (Lipinski definition) is 2. The van der Waals surface area contributed by atoms with Crippen LogP contribution < -0.4 is 5.32 Å². The van der Waals surface area contributed by atoms with Crippen molar-refractivity contribution < 1.29 is 13.6 Å². The van der Waals surface area contributed by atoms with Gasteiger partial charge in [-0.25, -0.2) is 0 Å². The summed E-state index contributed by atoms with van der Waals surface area (Å²) >= 11 is 0. The Morgan fingerprint density at radius 1 is 1.62 bits per heavy atom. The fraction of sp³-hybridized carbons (Fsp3) is 0.429. The van der Waals surface area contributed by atoms with Crippen molar-refractivity contribution in [1.82, 2.24) is 15.3 Å². The molecule has 13 heavy (non-hydrogen) atoms. The molecular formula is C7H9F2N3O. The zero-order chi connectivity index (χ0) is 9.84.